The molecule has 0 aromatic carbocycles. The van der Waals surface area contributed by atoms with Crippen LogP contribution in [0.2, 0.25) is 0 Å². The quantitative estimate of drug-likeness (QED) is 0.689. The van der Waals surface area contributed by atoms with Crippen LogP contribution in [0.4, 0.5) is 0 Å². The van der Waals surface area contributed by atoms with Crippen LogP contribution in [-0.2, 0) is 10.0 Å². The van der Waals surface area contributed by atoms with Gasteiger partial charge < -0.3 is 10.2 Å². The van der Waals surface area contributed by atoms with E-state index in [1.165, 1.54) is 0 Å². The maximum Gasteiger partial charge on any atom is 0.212 e. The van der Waals surface area contributed by atoms with E-state index in [9.17, 15) is 8.42 Å². The number of piperidine rings is 1. The smallest absolute Gasteiger partial charge is 0.212 e. The molecule has 19 heavy (non-hydrogen) atoms. The van der Waals surface area contributed by atoms with Crippen LogP contribution in [0.15, 0.2) is 0 Å². The fourth-order valence-electron chi connectivity index (χ4n) is 2.31. The van der Waals surface area contributed by atoms with Gasteiger partial charge in [-0.25, -0.2) is 13.1 Å². The van der Waals surface area contributed by atoms with Gasteiger partial charge in [-0.15, -0.1) is 0 Å². The molecule has 0 aliphatic carbocycles. The van der Waals surface area contributed by atoms with Crippen molar-refractivity contribution in [3.05, 3.63) is 0 Å². The fourth-order valence-corrected chi connectivity index (χ4v) is 3.33. The summed E-state index contributed by atoms with van der Waals surface area (Å²) in [7, 11) is -3.12. The topological polar surface area (TPSA) is 61.4 Å². The first-order chi connectivity index (χ1) is 8.93. The molecular formula is C13H29N3O2S. The molecule has 0 atom stereocenters. The van der Waals surface area contributed by atoms with Crippen molar-refractivity contribution in [1.82, 2.24) is 14.9 Å². The van der Waals surface area contributed by atoms with Gasteiger partial charge in [0, 0.05) is 19.1 Å². The molecule has 0 aromatic rings. The largest absolute Gasteiger partial charge is 0.313 e. The number of rotatable bonds is 8. The van der Waals surface area contributed by atoms with Gasteiger partial charge in [0.25, 0.3) is 0 Å². The SMILES string of the molecule is CCN1CCC(CNS(=O)(=O)CCNC(C)C)CC1. The van der Waals surface area contributed by atoms with Gasteiger partial charge in [-0.3, -0.25) is 0 Å². The van der Waals surface area contributed by atoms with Crippen molar-refractivity contribution < 1.29 is 8.42 Å². The van der Waals surface area contributed by atoms with Crippen LogP contribution >= 0.6 is 0 Å². The van der Waals surface area contributed by atoms with Gasteiger partial charge in [0.1, 0.15) is 0 Å². The number of nitrogens with one attached hydrogen (secondary N) is 2. The molecule has 1 aliphatic rings. The summed E-state index contributed by atoms with van der Waals surface area (Å²) in [5.74, 6) is 0.662. The summed E-state index contributed by atoms with van der Waals surface area (Å²) in [6.45, 7) is 10.6. The van der Waals surface area contributed by atoms with Crippen molar-refractivity contribution in [3.8, 4) is 0 Å². The van der Waals surface area contributed by atoms with Crippen molar-refractivity contribution in [2.75, 3.05) is 38.5 Å². The predicted octanol–water partition coefficient (Wildman–Crippen LogP) is 0.636. The average Bonchev–Trinajstić information content (AvgIpc) is 2.36. The third-order valence-corrected chi connectivity index (χ3v) is 5.02. The molecule has 2 N–H and O–H groups in total. The lowest BCUT2D eigenvalue weighted by Gasteiger charge is -2.31. The Morgan fingerprint density at radius 2 is 1.89 bits per heavy atom. The molecule has 1 rings (SSSR count). The van der Waals surface area contributed by atoms with Crippen molar-refractivity contribution in [3.63, 3.8) is 0 Å². The minimum Gasteiger partial charge on any atom is -0.313 e. The second-order valence-corrected chi connectivity index (χ2v) is 7.58. The van der Waals surface area contributed by atoms with Crippen LogP contribution in [0, 0.1) is 5.92 Å². The van der Waals surface area contributed by atoms with E-state index in [-0.39, 0.29) is 5.75 Å². The van der Waals surface area contributed by atoms with Crippen LogP contribution in [0.5, 0.6) is 0 Å². The summed E-state index contributed by atoms with van der Waals surface area (Å²) in [6.07, 6.45) is 2.20. The Morgan fingerprint density at radius 1 is 1.26 bits per heavy atom. The molecule has 1 aliphatic heterocycles. The van der Waals surface area contributed by atoms with Gasteiger partial charge in [-0.1, -0.05) is 20.8 Å². The Labute approximate surface area is 118 Å². The highest BCUT2D eigenvalue weighted by Gasteiger charge is 2.20. The zero-order chi connectivity index (χ0) is 14.3. The van der Waals surface area contributed by atoms with E-state index < -0.39 is 10.0 Å². The summed E-state index contributed by atoms with van der Waals surface area (Å²) in [6, 6.07) is 0.327. The Balaban J connectivity index is 2.20. The third kappa shape index (κ3) is 7.25. The predicted molar refractivity (Wildman–Crippen MR) is 79.8 cm³/mol. The van der Waals surface area contributed by atoms with Gasteiger partial charge in [0.05, 0.1) is 5.75 Å². The molecule has 5 nitrogen and oxygen atoms in total. The summed E-state index contributed by atoms with van der Waals surface area (Å²) < 4.78 is 26.4. The molecule has 0 saturated carbocycles. The van der Waals surface area contributed by atoms with Crippen LogP contribution in [0.1, 0.15) is 33.6 Å². The lowest BCUT2D eigenvalue weighted by Crippen LogP contribution is -2.40. The normalized spacial score (nSPS) is 19.2. The van der Waals surface area contributed by atoms with Gasteiger partial charge in [0.2, 0.25) is 10.0 Å². The van der Waals surface area contributed by atoms with Crippen molar-refractivity contribution in [1.29, 1.82) is 0 Å². The van der Waals surface area contributed by atoms with Gasteiger partial charge >= 0.3 is 0 Å². The van der Waals surface area contributed by atoms with Crippen molar-refractivity contribution >= 4 is 10.0 Å². The molecule has 114 valence electrons. The van der Waals surface area contributed by atoms with Crippen molar-refractivity contribution in [2.24, 2.45) is 5.92 Å². The third-order valence-electron chi connectivity index (χ3n) is 3.67. The minimum absolute atomic E-state index is 0.166. The number of likely N-dealkylation sites (tertiary alicyclic amines) is 1. The molecule has 0 radical (unpaired) electrons. The zero-order valence-corrected chi connectivity index (χ0v) is 13.3. The number of sulfonamides is 1. The Bertz CT molecular complexity index is 336. The van der Waals surface area contributed by atoms with E-state index in [1.807, 2.05) is 13.8 Å². The van der Waals surface area contributed by atoms with Crippen molar-refractivity contribution in [2.45, 2.75) is 39.7 Å². The Morgan fingerprint density at radius 3 is 2.42 bits per heavy atom. The van der Waals surface area contributed by atoms with Gasteiger partial charge in [-0.2, -0.15) is 0 Å². The Hall–Kier alpha value is -0.170. The molecule has 0 unspecified atom stereocenters. The van der Waals surface area contributed by atoms with E-state index in [0.717, 1.165) is 32.5 Å². The van der Waals surface area contributed by atoms with Crippen LogP contribution in [0.3, 0.4) is 0 Å². The molecule has 1 fully saturated rings. The standard InChI is InChI=1S/C13H29N3O2S/c1-4-16-8-5-13(6-9-16)11-15-19(17,18)10-7-14-12(2)3/h12-15H,4-11H2,1-3H3. The molecule has 1 saturated heterocycles. The van der Waals surface area contributed by atoms with Crippen LogP contribution < -0.4 is 10.0 Å². The molecule has 0 amide bonds. The van der Waals surface area contributed by atoms with E-state index in [2.05, 4.69) is 21.9 Å². The lowest BCUT2D eigenvalue weighted by atomic mass is 9.97. The van der Waals surface area contributed by atoms with E-state index >= 15 is 0 Å². The highest BCUT2D eigenvalue weighted by atomic mass is 32.2. The molecular weight excluding hydrogens is 262 g/mol. The summed E-state index contributed by atoms with van der Waals surface area (Å²) in [5, 5.41) is 3.13. The molecule has 1 heterocycles. The summed E-state index contributed by atoms with van der Waals surface area (Å²) >= 11 is 0. The summed E-state index contributed by atoms with van der Waals surface area (Å²) in [5.41, 5.74) is 0. The van der Waals surface area contributed by atoms with E-state index in [4.69, 9.17) is 0 Å². The maximum atomic E-state index is 11.8. The Kier molecular flexibility index (Phi) is 7.28. The molecule has 0 bridgehead atoms. The second-order valence-electron chi connectivity index (χ2n) is 5.65. The highest BCUT2D eigenvalue weighted by Crippen LogP contribution is 2.16. The molecule has 6 heteroatoms. The number of hydrogen-bond donors (Lipinski definition) is 2. The molecule has 0 spiro atoms. The van der Waals surface area contributed by atoms with E-state index in [1.54, 1.807) is 0 Å². The van der Waals surface area contributed by atoms with Crippen LogP contribution in [0.25, 0.3) is 0 Å². The van der Waals surface area contributed by atoms with Gasteiger partial charge in [-0.05, 0) is 38.4 Å². The fraction of sp³-hybridized carbons (Fsp3) is 1.00. The average molecular weight is 291 g/mol. The number of nitrogens with zero attached hydrogens (tertiary/aromatic N) is 1. The van der Waals surface area contributed by atoms with Gasteiger partial charge in [0.15, 0.2) is 0 Å². The second kappa shape index (κ2) is 8.19. The summed E-state index contributed by atoms with van der Waals surface area (Å²) in [4.78, 5) is 2.41. The number of hydrogen-bond acceptors (Lipinski definition) is 4. The lowest BCUT2D eigenvalue weighted by molar-refractivity contribution is 0.194. The first-order valence-corrected chi connectivity index (χ1v) is 9.01. The van der Waals surface area contributed by atoms with Crippen LogP contribution in [-0.4, -0.2) is 57.8 Å². The highest BCUT2D eigenvalue weighted by molar-refractivity contribution is 7.89. The first kappa shape index (κ1) is 16.9. The minimum atomic E-state index is -3.12. The first-order valence-electron chi connectivity index (χ1n) is 7.36. The monoisotopic (exact) mass is 291 g/mol. The maximum absolute atomic E-state index is 11.8. The molecule has 0 aromatic heterocycles. The van der Waals surface area contributed by atoms with E-state index in [0.29, 0.717) is 25.0 Å². The zero-order valence-electron chi connectivity index (χ0n) is 12.5.